The molecule has 2 saturated heterocycles. The van der Waals surface area contributed by atoms with Gasteiger partial charge in [0.1, 0.15) is 25.0 Å². The lowest BCUT2D eigenvalue weighted by atomic mass is 9.71. The van der Waals surface area contributed by atoms with E-state index in [-0.39, 0.29) is 49.0 Å². The molecule has 7 aliphatic rings. The van der Waals surface area contributed by atoms with Crippen LogP contribution in [0.2, 0.25) is 0 Å². The minimum Gasteiger partial charge on any atom is -0.504 e. The summed E-state index contributed by atoms with van der Waals surface area (Å²) in [6.07, 6.45) is 2.82. The van der Waals surface area contributed by atoms with E-state index in [1.807, 2.05) is 20.9 Å². The van der Waals surface area contributed by atoms with Crippen LogP contribution in [0, 0.1) is 25.2 Å². The lowest BCUT2D eigenvalue weighted by molar-refractivity contribution is -0.157. The molecule has 0 aromatic heterocycles. The normalized spacial score (nSPS) is 28.9. The largest absolute Gasteiger partial charge is 0.504 e. The number of piperazine rings is 1. The Kier molecular flexibility index (Phi) is 8.58. The monoisotopic (exact) mass is 768 g/mol. The van der Waals surface area contributed by atoms with Gasteiger partial charge in [-0.1, -0.05) is 18.7 Å². The van der Waals surface area contributed by atoms with Crippen LogP contribution in [0.3, 0.4) is 0 Å². The van der Waals surface area contributed by atoms with E-state index in [1.165, 1.54) is 7.11 Å². The zero-order valence-electron chi connectivity index (χ0n) is 31.4. The smallest absolute Gasteiger partial charge is 0.331 e. The molecule has 10 rings (SSSR count). The van der Waals surface area contributed by atoms with Crippen molar-refractivity contribution in [2.24, 2.45) is 0 Å². The number of hydrogen-bond donors (Lipinski definition) is 3. The number of carbonyl (C=O) groups is 1. The number of likely N-dealkylation sites (N-methyl/N-ethyl adjacent to an activating group) is 1. The molecule has 0 radical (unpaired) electrons. The highest BCUT2D eigenvalue weighted by Gasteiger charge is 2.61. The van der Waals surface area contributed by atoms with E-state index in [4.69, 9.17) is 28.4 Å². The Labute approximate surface area is 323 Å². The number of ether oxygens (including phenoxy) is 6. The third kappa shape index (κ3) is 4.92. The third-order valence-corrected chi connectivity index (χ3v) is 14.0. The van der Waals surface area contributed by atoms with Gasteiger partial charge in [-0.3, -0.25) is 15.1 Å². The number of esters is 1. The first kappa shape index (κ1) is 35.9. The summed E-state index contributed by atoms with van der Waals surface area (Å²) in [6.45, 7) is 8.42. The number of fused-ring (bicyclic) bond motifs is 9. The van der Waals surface area contributed by atoms with E-state index in [1.54, 1.807) is 37.1 Å². The molecular weight excluding hydrogens is 725 g/mol. The average molecular weight is 769 g/mol. The maximum absolute atomic E-state index is 14.8. The van der Waals surface area contributed by atoms with Gasteiger partial charge in [0.25, 0.3) is 0 Å². The summed E-state index contributed by atoms with van der Waals surface area (Å²) in [4.78, 5) is 19.2. The lowest BCUT2D eigenvalue weighted by Gasteiger charge is -2.62. The number of rotatable bonds is 5. The molecule has 1 spiro atoms. The fourth-order valence-corrected chi connectivity index (χ4v) is 11.9. The molecule has 7 heterocycles. The molecule has 13 nitrogen and oxygen atoms in total. The Morgan fingerprint density at radius 2 is 1.89 bits per heavy atom. The number of methoxy groups -OCH3 is 2. The molecule has 0 aliphatic carbocycles. The Morgan fingerprint density at radius 1 is 1.09 bits per heavy atom. The molecule has 4 bridgehead atoms. The van der Waals surface area contributed by atoms with Gasteiger partial charge in [0, 0.05) is 46.6 Å². The molecule has 3 aromatic rings. The summed E-state index contributed by atoms with van der Waals surface area (Å²) >= 11 is 1.57. The van der Waals surface area contributed by atoms with Crippen molar-refractivity contribution >= 4 is 17.7 Å². The minimum absolute atomic E-state index is 0.00199. The zero-order chi connectivity index (χ0) is 38.5. The number of nitrogens with zero attached hydrogens (tertiary/aromatic N) is 3. The Morgan fingerprint density at radius 3 is 2.64 bits per heavy atom. The number of aromatic hydroxyl groups is 2. The second kappa shape index (κ2) is 13.2. The summed E-state index contributed by atoms with van der Waals surface area (Å²) in [7, 11) is 5.08. The summed E-state index contributed by atoms with van der Waals surface area (Å²) in [5.41, 5.74) is 5.18. The summed E-state index contributed by atoms with van der Waals surface area (Å²) in [5, 5.41) is 37.1. The quantitative estimate of drug-likeness (QED) is 0.244. The highest BCUT2D eigenvalue weighted by atomic mass is 32.2. The van der Waals surface area contributed by atoms with Gasteiger partial charge in [-0.25, -0.2) is 4.79 Å². The van der Waals surface area contributed by atoms with Gasteiger partial charge in [0.15, 0.2) is 40.0 Å². The van der Waals surface area contributed by atoms with Crippen LogP contribution < -0.4 is 29.0 Å². The van der Waals surface area contributed by atoms with Gasteiger partial charge in [-0.2, -0.15) is 5.26 Å². The summed E-state index contributed by atoms with van der Waals surface area (Å²) in [5.74, 6) is 2.26. The van der Waals surface area contributed by atoms with E-state index >= 15 is 0 Å². The van der Waals surface area contributed by atoms with Crippen molar-refractivity contribution in [2.45, 2.75) is 67.7 Å². The van der Waals surface area contributed by atoms with Crippen molar-refractivity contribution in [3.05, 3.63) is 75.4 Å². The van der Waals surface area contributed by atoms with Gasteiger partial charge < -0.3 is 38.6 Å². The molecule has 14 heteroatoms. The van der Waals surface area contributed by atoms with E-state index in [0.29, 0.717) is 47.9 Å². The van der Waals surface area contributed by atoms with Crippen LogP contribution in [0.15, 0.2) is 30.9 Å². The van der Waals surface area contributed by atoms with E-state index in [0.717, 1.165) is 38.9 Å². The number of nitrogens with one attached hydrogen (secondary N) is 1. The molecule has 1 unspecified atom stereocenters. The predicted molar refractivity (Wildman–Crippen MR) is 202 cm³/mol. The SMILES string of the molecule is C=CCOc1c(C)c2c(c3c1[C@H]1SC[C@]4(NCCc5cc(O)c(OC)cc54)C(=O)OC[C@H]3N3C1[C@@H]1c4c(cc(C)c(OC)c4O)C[C@H]([C@@H]3C#N)N1C)OCO2. The third-order valence-electron chi connectivity index (χ3n) is 12.5. The maximum Gasteiger partial charge on any atom is 0.331 e. The molecule has 0 amide bonds. The highest BCUT2D eigenvalue weighted by molar-refractivity contribution is 7.99. The molecule has 3 N–H and O–H groups in total. The first-order valence-corrected chi connectivity index (χ1v) is 19.6. The van der Waals surface area contributed by atoms with Gasteiger partial charge >= 0.3 is 5.97 Å². The van der Waals surface area contributed by atoms with Crippen LogP contribution in [0.5, 0.6) is 40.2 Å². The van der Waals surface area contributed by atoms with E-state index in [2.05, 4.69) is 33.8 Å². The van der Waals surface area contributed by atoms with Crippen molar-refractivity contribution in [1.82, 2.24) is 15.1 Å². The van der Waals surface area contributed by atoms with Crippen molar-refractivity contribution in [1.29, 1.82) is 5.26 Å². The van der Waals surface area contributed by atoms with Crippen LogP contribution in [0.4, 0.5) is 0 Å². The zero-order valence-corrected chi connectivity index (χ0v) is 32.2. The second-order valence-corrected chi connectivity index (χ2v) is 16.2. The van der Waals surface area contributed by atoms with Crippen molar-refractivity contribution in [3.8, 4) is 46.3 Å². The van der Waals surface area contributed by atoms with Crippen LogP contribution in [0.25, 0.3) is 0 Å². The lowest BCUT2D eigenvalue weighted by Crippen LogP contribution is -2.69. The minimum atomic E-state index is -1.31. The number of aryl methyl sites for hydroxylation is 1. The fraction of sp³-hybridized carbons (Fsp3) is 0.463. The standard InChI is InChI=1S/C41H44N4O9S/c1-7-10-51-36-20(3)37-38(54-18-53-37)30-26-16-52-40(48)41(23-14-28(49-5)27(46)13-21(23)8-9-43-41)17-55-39(31(30)36)33-32-29-22(11-19(2)35(50-6)34(29)47)12-24(44(32)4)25(15-42)45(26)33/h7,11,13-14,24-26,32-33,39,43,46-47H,1,8-10,12,16-18H2,2-6H3/t24-,25+,26-,32+,33?,39-,41-/m1/s1. The van der Waals surface area contributed by atoms with E-state index < -0.39 is 40.9 Å². The molecule has 7 atom stereocenters. The van der Waals surface area contributed by atoms with Crippen LogP contribution >= 0.6 is 11.8 Å². The molecule has 288 valence electrons. The number of phenols is 2. The fourth-order valence-electron chi connectivity index (χ4n) is 10.2. The average Bonchev–Trinajstić information content (AvgIpc) is 3.67. The van der Waals surface area contributed by atoms with Crippen molar-refractivity contribution in [3.63, 3.8) is 0 Å². The number of phenolic OH excluding ortho intramolecular Hbond substituents is 2. The van der Waals surface area contributed by atoms with Gasteiger partial charge in [0.05, 0.1) is 37.6 Å². The predicted octanol–water partition coefficient (Wildman–Crippen LogP) is 4.63. The van der Waals surface area contributed by atoms with Crippen molar-refractivity contribution in [2.75, 3.05) is 53.6 Å². The highest BCUT2D eigenvalue weighted by Crippen LogP contribution is 2.64. The number of carbonyl (C=O) groups excluding carboxylic acids is 1. The van der Waals surface area contributed by atoms with Gasteiger partial charge in [-0.15, -0.1) is 11.8 Å². The first-order valence-electron chi connectivity index (χ1n) is 18.5. The Balaban J connectivity index is 1.33. The summed E-state index contributed by atoms with van der Waals surface area (Å²) in [6, 6.07) is 5.78. The van der Waals surface area contributed by atoms with Crippen LogP contribution in [0.1, 0.15) is 61.8 Å². The first-order chi connectivity index (χ1) is 26.6. The van der Waals surface area contributed by atoms with E-state index in [9.17, 15) is 20.3 Å². The van der Waals surface area contributed by atoms with Gasteiger partial charge in [0.2, 0.25) is 6.79 Å². The number of hydrogen-bond acceptors (Lipinski definition) is 14. The Bertz CT molecular complexity index is 2190. The topological polar surface area (TPSA) is 155 Å². The number of thioether (sulfide) groups is 1. The summed E-state index contributed by atoms with van der Waals surface area (Å²) < 4.78 is 36.8. The number of nitriles is 1. The second-order valence-electron chi connectivity index (χ2n) is 15.1. The molecular formula is C41H44N4O9S. The molecule has 55 heavy (non-hydrogen) atoms. The molecule has 0 saturated carbocycles. The maximum atomic E-state index is 14.8. The molecule has 3 aromatic carbocycles. The number of benzene rings is 3. The molecule has 2 fully saturated rings. The Hall–Kier alpha value is -4.81. The van der Waals surface area contributed by atoms with Crippen molar-refractivity contribution < 1.29 is 43.4 Å². The molecule has 7 aliphatic heterocycles. The van der Waals surface area contributed by atoms with Gasteiger partial charge in [-0.05, 0) is 68.1 Å². The van der Waals surface area contributed by atoms with Crippen LogP contribution in [-0.4, -0.2) is 97.7 Å². The van der Waals surface area contributed by atoms with Crippen LogP contribution in [-0.2, 0) is 27.9 Å².